The van der Waals surface area contributed by atoms with E-state index >= 15 is 0 Å². The van der Waals surface area contributed by atoms with Crippen LogP contribution < -0.4 is 0 Å². The molecule has 0 saturated heterocycles. The van der Waals surface area contributed by atoms with Gasteiger partial charge >= 0.3 is 0 Å². The number of hydrogen-bond donors (Lipinski definition) is 0. The van der Waals surface area contributed by atoms with Crippen LogP contribution in [0, 0.1) is 0 Å². The molecule has 1 heterocycles. The molecule has 1 aromatic rings. The van der Waals surface area contributed by atoms with E-state index in [1.165, 1.54) is 37.4 Å². The zero-order valence-corrected chi connectivity index (χ0v) is 11.1. The molecule has 0 aromatic carbocycles. The summed E-state index contributed by atoms with van der Waals surface area (Å²) in [6.45, 7) is 6.78. The van der Waals surface area contributed by atoms with Crippen molar-refractivity contribution in [3.05, 3.63) is 6.33 Å². The highest BCUT2D eigenvalue weighted by atomic mass is 28.3. The maximum absolute atomic E-state index is 4.16. The Morgan fingerprint density at radius 2 is 1.53 bits per heavy atom. The van der Waals surface area contributed by atoms with Crippen molar-refractivity contribution in [2.75, 3.05) is 0 Å². The Bertz CT molecular complexity index is 243. The molecule has 4 nitrogen and oxygen atoms in total. The third-order valence-corrected chi connectivity index (χ3v) is 8.45. The van der Waals surface area contributed by atoms with Gasteiger partial charge < -0.3 is 0 Å². The van der Waals surface area contributed by atoms with Crippen LogP contribution in [0.5, 0.6) is 0 Å². The first-order chi connectivity index (χ1) is 7.29. The Labute approximate surface area is 93.2 Å². The predicted octanol–water partition coefficient (Wildman–Crippen LogP) is 2.70. The van der Waals surface area contributed by atoms with Crippen LogP contribution in [0.1, 0.15) is 40.0 Å². The Kier molecular flexibility index (Phi) is 4.94. The summed E-state index contributed by atoms with van der Waals surface area (Å²) in [7, 11) is -1.44. The van der Waals surface area contributed by atoms with Crippen molar-refractivity contribution < 1.29 is 0 Å². The molecule has 0 radical (unpaired) electrons. The van der Waals surface area contributed by atoms with Gasteiger partial charge in [-0.3, -0.25) is 4.35 Å². The van der Waals surface area contributed by atoms with Gasteiger partial charge in [0.15, 0.2) is 8.24 Å². The molecule has 0 bridgehead atoms. The molecule has 0 aliphatic heterocycles. The van der Waals surface area contributed by atoms with Crippen LogP contribution >= 0.6 is 0 Å². The van der Waals surface area contributed by atoms with Crippen molar-refractivity contribution in [1.29, 1.82) is 0 Å². The van der Waals surface area contributed by atoms with E-state index in [0.29, 0.717) is 0 Å². The maximum Gasteiger partial charge on any atom is 0.189 e. The standard InChI is InChI=1S/C10H22N4Si/c1-4-7-15(8-5-2,9-6-3)14-10-11-12-13-14/h10H,4-9H2,1-3H3. The van der Waals surface area contributed by atoms with Gasteiger partial charge in [-0.05, 0) is 23.3 Å². The van der Waals surface area contributed by atoms with Crippen LogP contribution in [0.15, 0.2) is 6.33 Å². The average molecular weight is 226 g/mol. The fourth-order valence-corrected chi connectivity index (χ4v) is 7.25. The molecule has 0 atom stereocenters. The Hall–Kier alpha value is -0.713. The van der Waals surface area contributed by atoms with Crippen molar-refractivity contribution in [3.63, 3.8) is 0 Å². The smallest absolute Gasteiger partial charge is 0.189 e. The predicted molar refractivity (Wildman–Crippen MR) is 64.3 cm³/mol. The summed E-state index contributed by atoms with van der Waals surface area (Å²) < 4.78 is 2.11. The molecule has 0 N–H and O–H groups in total. The van der Waals surface area contributed by atoms with Gasteiger partial charge in [0, 0.05) is 0 Å². The molecule has 1 rings (SSSR count). The summed E-state index contributed by atoms with van der Waals surface area (Å²) in [5, 5.41) is 11.8. The van der Waals surface area contributed by atoms with E-state index < -0.39 is 8.24 Å². The highest BCUT2D eigenvalue weighted by molar-refractivity contribution is 6.78. The number of rotatable bonds is 7. The molecule has 5 heteroatoms. The average Bonchev–Trinajstić information content (AvgIpc) is 2.72. The minimum absolute atomic E-state index is 1.24. The third kappa shape index (κ3) is 2.87. The minimum Gasteiger partial charge on any atom is -0.263 e. The maximum atomic E-state index is 4.16. The fourth-order valence-electron chi connectivity index (χ4n) is 2.49. The summed E-state index contributed by atoms with van der Waals surface area (Å²) >= 11 is 0. The SMILES string of the molecule is CCC[Si](CCC)(CCC)n1cnnn1. The van der Waals surface area contributed by atoms with Crippen molar-refractivity contribution in [2.45, 2.75) is 58.2 Å². The quantitative estimate of drug-likeness (QED) is 0.671. The molecule has 0 amide bonds. The summed E-state index contributed by atoms with van der Waals surface area (Å²) in [6, 6.07) is 3.92. The van der Waals surface area contributed by atoms with Gasteiger partial charge in [-0.1, -0.05) is 45.2 Å². The number of aromatic nitrogens is 4. The first kappa shape index (κ1) is 12.4. The second-order valence-corrected chi connectivity index (χ2v) is 8.64. The summed E-state index contributed by atoms with van der Waals surface area (Å²) in [6.07, 6.45) is 5.55. The van der Waals surface area contributed by atoms with E-state index in [1.54, 1.807) is 0 Å². The lowest BCUT2D eigenvalue weighted by Gasteiger charge is -2.29. The van der Waals surface area contributed by atoms with Gasteiger partial charge in [0.2, 0.25) is 0 Å². The van der Waals surface area contributed by atoms with Crippen LogP contribution in [-0.4, -0.2) is 28.1 Å². The van der Waals surface area contributed by atoms with Crippen molar-refractivity contribution >= 4 is 8.24 Å². The van der Waals surface area contributed by atoms with Crippen molar-refractivity contribution in [3.8, 4) is 0 Å². The molecule has 0 aliphatic rings. The molecule has 0 saturated carbocycles. The van der Waals surface area contributed by atoms with Gasteiger partial charge in [-0.15, -0.1) is 5.10 Å². The molecular formula is C10H22N4Si. The zero-order chi connectivity index (χ0) is 11.1. The molecule has 86 valence electrons. The van der Waals surface area contributed by atoms with E-state index in [4.69, 9.17) is 0 Å². The monoisotopic (exact) mass is 226 g/mol. The second-order valence-electron chi connectivity index (χ2n) is 4.23. The van der Waals surface area contributed by atoms with Crippen LogP contribution in [0.2, 0.25) is 18.1 Å². The first-order valence-corrected chi connectivity index (χ1v) is 8.59. The van der Waals surface area contributed by atoms with Gasteiger partial charge in [0.25, 0.3) is 0 Å². The molecule has 1 aromatic heterocycles. The Balaban J connectivity index is 2.90. The van der Waals surface area contributed by atoms with Crippen LogP contribution in [-0.2, 0) is 0 Å². The summed E-state index contributed by atoms with van der Waals surface area (Å²) in [4.78, 5) is 0. The van der Waals surface area contributed by atoms with Gasteiger partial charge in [-0.2, -0.15) is 0 Å². The van der Waals surface area contributed by atoms with Crippen molar-refractivity contribution in [2.24, 2.45) is 0 Å². The van der Waals surface area contributed by atoms with E-state index in [-0.39, 0.29) is 0 Å². The Morgan fingerprint density at radius 1 is 1.00 bits per heavy atom. The second kappa shape index (κ2) is 6.00. The lowest BCUT2D eigenvalue weighted by Crippen LogP contribution is -2.43. The minimum atomic E-state index is -1.44. The zero-order valence-electron chi connectivity index (χ0n) is 10.1. The van der Waals surface area contributed by atoms with Gasteiger partial charge in [0.05, 0.1) is 0 Å². The van der Waals surface area contributed by atoms with Crippen molar-refractivity contribution in [1.82, 2.24) is 19.9 Å². The highest BCUT2D eigenvalue weighted by Gasteiger charge is 2.34. The highest BCUT2D eigenvalue weighted by Crippen LogP contribution is 2.26. The van der Waals surface area contributed by atoms with Crippen LogP contribution in [0.4, 0.5) is 0 Å². The Morgan fingerprint density at radius 3 is 1.87 bits per heavy atom. The van der Waals surface area contributed by atoms with Crippen LogP contribution in [0.25, 0.3) is 0 Å². The number of tetrazole rings is 1. The largest absolute Gasteiger partial charge is 0.263 e. The van der Waals surface area contributed by atoms with Gasteiger partial charge in [0.1, 0.15) is 6.33 Å². The van der Waals surface area contributed by atoms with Gasteiger partial charge in [-0.25, -0.2) is 0 Å². The number of hydrogen-bond acceptors (Lipinski definition) is 3. The van der Waals surface area contributed by atoms with E-state index in [2.05, 4.69) is 40.6 Å². The summed E-state index contributed by atoms with van der Waals surface area (Å²) in [5.41, 5.74) is 0. The fraction of sp³-hybridized carbons (Fsp3) is 0.900. The normalized spacial score (nSPS) is 11.9. The topological polar surface area (TPSA) is 43.6 Å². The third-order valence-electron chi connectivity index (χ3n) is 2.98. The van der Waals surface area contributed by atoms with E-state index in [9.17, 15) is 0 Å². The molecular weight excluding hydrogens is 204 g/mol. The van der Waals surface area contributed by atoms with E-state index in [0.717, 1.165) is 0 Å². The lowest BCUT2D eigenvalue weighted by molar-refractivity contribution is 0.766. The molecule has 0 aliphatic carbocycles. The molecule has 0 fully saturated rings. The molecule has 0 spiro atoms. The van der Waals surface area contributed by atoms with E-state index in [1.807, 2.05) is 6.33 Å². The summed E-state index contributed by atoms with van der Waals surface area (Å²) in [5.74, 6) is 0. The first-order valence-electron chi connectivity index (χ1n) is 6.02. The molecule has 15 heavy (non-hydrogen) atoms. The lowest BCUT2D eigenvalue weighted by atomic mass is 10.6. The number of nitrogens with zero attached hydrogens (tertiary/aromatic N) is 4. The molecule has 0 unspecified atom stereocenters. The van der Waals surface area contributed by atoms with Crippen LogP contribution in [0.3, 0.4) is 0 Å².